The molecule has 2 heterocycles. The monoisotopic (exact) mass is 428 g/mol. The number of carbonyl (C=O) groups excluding carboxylic acids is 1. The van der Waals surface area contributed by atoms with E-state index in [-0.39, 0.29) is 17.1 Å². The fraction of sp³-hybridized carbons (Fsp3) is 0.318. The number of hydrogen-bond donors (Lipinski definition) is 0. The van der Waals surface area contributed by atoms with E-state index in [0.29, 0.717) is 25.9 Å². The maximum atomic E-state index is 13.7. The standard InChI is InChI=1S/C22H21ClN2O3S/c1-12-5-7-15-13(2)11-22(3,4)24(17(15)9-12)21(26)20-19(23)16-8-6-14(25(27)28)10-18(16)29-20/h5-10,13H,11H2,1-4H3/t13-/m0/s1. The Morgan fingerprint density at radius 2 is 2.00 bits per heavy atom. The number of benzene rings is 2. The number of amides is 1. The molecule has 0 fully saturated rings. The fourth-order valence-corrected chi connectivity index (χ4v) is 5.81. The van der Waals surface area contributed by atoms with Crippen molar-refractivity contribution < 1.29 is 9.72 Å². The molecule has 1 amide bonds. The van der Waals surface area contributed by atoms with Gasteiger partial charge < -0.3 is 4.90 Å². The first-order valence-corrected chi connectivity index (χ1v) is 10.6. The summed E-state index contributed by atoms with van der Waals surface area (Å²) in [5, 5.41) is 12.1. The van der Waals surface area contributed by atoms with Crippen LogP contribution in [0.15, 0.2) is 36.4 Å². The second-order valence-corrected chi connectivity index (χ2v) is 9.73. The van der Waals surface area contributed by atoms with Crippen molar-refractivity contribution in [3.8, 4) is 0 Å². The van der Waals surface area contributed by atoms with Gasteiger partial charge in [0.2, 0.25) is 0 Å². The van der Waals surface area contributed by atoms with Crippen molar-refractivity contribution in [2.24, 2.45) is 0 Å². The molecule has 1 aliphatic rings. The van der Waals surface area contributed by atoms with E-state index in [1.807, 2.05) is 11.8 Å². The zero-order chi connectivity index (χ0) is 21.1. The van der Waals surface area contributed by atoms with Crippen molar-refractivity contribution in [3.63, 3.8) is 0 Å². The number of hydrogen-bond acceptors (Lipinski definition) is 4. The van der Waals surface area contributed by atoms with E-state index in [1.54, 1.807) is 6.07 Å². The molecule has 1 atom stereocenters. The Hall–Kier alpha value is -2.44. The van der Waals surface area contributed by atoms with Crippen molar-refractivity contribution in [1.82, 2.24) is 0 Å². The number of nitro groups is 1. The van der Waals surface area contributed by atoms with E-state index in [1.165, 1.54) is 23.5 Å². The van der Waals surface area contributed by atoms with E-state index < -0.39 is 4.92 Å². The van der Waals surface area contributed by atoms with Gasteiger partial charge in [-0.25, -0.2) is 0 Å². The summed E-state index contributed by atoms with van der Waals surface area (Å²) < 4.78 is 0.639. The Labute approximate surface area is 178 Å². The first-order chi connectivity index (χ1) is 13.6. The predicted molar refractivity (Wildman–Crippen MR) is 119 cm³/mol. The third kappa shape index (κ3) is 3.20. The van der Waals surface area contributed by atoms with Gasteiger partial charge in [-0.05, 0) is 56.4 Å². The maximum absolute atomic E-state index is 13.7. The highest BCUT2D eigenvalue weighted by Gasteiger charge is 2.41. The van der Waals surface area contributed by atoms with Crippen LogP contribution in [0.1, 0.15) is 53.9 Å². The minimum Gasteiger partial charge on any atom is -0.302 e. The van der Waals surface area contributed by atoms with Crippen LogP contribution in [0, 0.1) is 17.0 Å². The minimum atomic E-state index is -0.442. The van der Waals surface area contributed by atoms with Crippen LogP contribution in [0.4, 0.5) is 11.4 Å². The van der Waals surface area contributed by atoms with Crippen LogP contribution < -0.4 is 4.90 Å². The molecule has 0 unspecified atom stereocenters. The molecule has 0 spiro atoms. The van der Waals surface area contributed by atoms with Crippen LogP contribution in [0.5, 0.6) is 0 Å². The number of nitro benzene ring substituents is 1. The maximum Gasteiger partial charge on any atom is 0.270 e. The molecule has 150 valence electrons. The lowest BCUT2D eigenvalue weighted by molar-refractivity contribution is -0.384. The van der Waals surface area contributed by atoms with E-state index in [2.05, 4.69) is 39.0 Å². The van der Waals surface area contributed by atoms with Crippen LogP contribution in [0.2, 0.25) is 5.02 Å². The van der Waals surface area contributed by atoms with Gasteiger partial charge in [-0.3, -0.25) is 14.9 Å². The highest BCUT2D eigenvalue weighted by atomic mass is 35.5. The van der Waals surface area contributed by atoms with Gasteiger partial charge in [0.05, 0.1) is 9.95 Å². The van der Waals surface area contributed by atoms with Crippen LogP contribution in [-0.4, -0.2) is 16.4 Å². The SMILES string of the molecule is Cc1ccc2c(c1)N(C(=O)c1sc3cc([N+](=O)[O-])ccc3c1Cl)C(C)(C)C[C@@H]2C. The van der Waals surface area contributed by atoms with Gasteiger partial charge in [0.1, 0.15) is 4.88 Å². The van der Waals surface area contributed by atoms with Crippen LogP contribution in [0.25, 0.3) is 10.1 Å². The summed E-state index contributed by atoms with van der Waals surface area (Å²) in [4.78, 5) is 26.6. The van der Waals surface area contributed by atoms with Crippen molar-refractivity contribution in [3.05, 3.63) is 67.5 Å². The number of anilines is 1. The summed E-state index contributed by atoms with van der Waals surface area (Å²) >= 11 is 7.79. The average molecular weight is 429 g/mol. The quantitative estimate of drug-likeness (QED) is 0.336. The smallest absolute Gasteiger partial charge is 0.270 e. The van der Waals surface area contributed by atoms with Gasteiger partial charge >= 0.3 is 0 Å². The first kappa shape index (κ1) is 19.9. The number of fused-ring (bicyclic) bond motifs is 2. The van der Waals surface area contributed by atoms with Crippen LogP contribution >= 0.6 is 22.9 Å². The first-order valence-electron chi connectivity index (χ1n) is 9.41. The van der Waals surface area contributed by atoms with Gasteiger partial charge in [0, 0.05) is 33.4 Å². The number of aryl methyl sites for hydroxylation is 1. The molecule has 0 N–H and O–H groups in total. The molecular weight excluding hydrogens is 408 g/mol. The molecule has 0 saturated heterocycles. The van der Waals surface area contributed by atoms with E-state index >= 15 is 0 Å². The number of halogens is 1. The van der Waals surface area contributed by atoms with Gasteiger partial charge in [-0.1, -0.05) is 30.7 Å². The van der Waals surface area contributed by atoms with Crippen molar-refractivity contribution in [2.75, 3.05) is 4.90 Å². The molecule has 1 aliphatic heterocycles. The Bertz CT molecular complexity index is 1170. The lowest BCUT2D eigenvalue weighted by atomic mass is 9.79. The topological polar surface area (TPSA) is 63.5 Å². The number of non-ortho nitro benzene ring substituents is 1. The van der Waals surface area contributed by atoms with Crippen LogP contribution in [-0.2, 0) is 0 Å². The molecular formula is C22H21ClN2O3S. The molecule has 5 nitrogen and oxygen atoms in total. The fourth-order valence-electron chi connectivity index (χ4n) is 4.33. The Kier molecular flexibility index (Phi) is 4.67. The molecule has 29 heavy (non-hydrogen) atoms. The molecule has 1 aromatic heterocycles. The Morgan fingerprint density at radius 1 is 1.28 bits per heavy atom. The van der Waals surface area contributed by atoms with Gasteiger partial charge in [-0.15, -0.1) is 11.3 Å². The molecule has 0 radical (unpaired) electrons. The third-order valence-electron chi connectivity index (χ3n) is 5.59. The lowest BCUT2D eigenvalue weighted by Crippen LogP contribution is -2.51. The Balaban J connectivity index is 1.87. The van der Waals surface area contributed by atoms with E-state index in [4.69, 9.17) is 11.6 Å². The highest BCUT2D eigenvalue weighted by Crippen LogP contribution is 2.46. The normalized spacial score (nSPS) is 18.0. The molecule has 2 aromatic carbocycles. The second kappa shape index (κ2) is 6.82. The largest absolute Gasteiger partial charge is 0.302 e. The third-order valence-corrected chi connectivity index (χ3v) is 7.24. The summed E-state index contributed by atoms with van der Waals surface area (Å²) in [5.74, 6) is 0.174. The Morgan fingerprint density at radius 3 is 2.69 bits per heavy atom. The van der Waals surface area contributed by atoms with Crippen molar-refractivity contribution >= 4 is 50.3 Å². The zero-order valence-electron chi connectivity index (χ0n) is 16.7. The summed E-state index contributed by atoms with van der Waals surface area (Å²) in [6.45, 7) is 8.33. The number of carbonyl (C=O) groups is 1. The molecule has 0 bridgehead atoms. The van der Waals surface area contributed by atoms with Gasteiger partial charge in [0.25, 0.3) is 11.6 Å². The zero-order valence-corrected chi connectivity index (χ0v) is 18.2. The van der Waals surface area contributed by atoms with E-state index in [9.17, 15) is 14.9 Å². The van der Waals surface area contributed by atoms with Gasteiger partial charge in [-0.2, -0.15) is 0 Å². The molecule has 4 rings (SSSR count). The van der Waals surface area contributed by atoms with E-state index in [0.717, 1.165) is 23.2 Å². The predicted octanol–water partition coefficient (Wildman–Crippen LogP) is 6.70. The van der Waals surface area contributed by atoms with Crippen LogP contribution in [0.3, 0.4) is 0 Å². The van der Waals surface area contributed by atoms with Gasteiger partial charge in [0.15, 0.2) is 0 Å². The highest BCUT2D eigenvalue weighted by molar-refractivity contribution is 7.21. The lowest BCUT2D eigenvalue weighted by Gasteiger charge is -2.46. The minimum absolute atomic E-state index is 0.0116. The molecule has 0 aliphatic carbocycles. The summed E-state index contributed by atoms with van der Waals surface area (Å²) in [6.07, 6.45) is 0.836. The second-order valence-electron chi connectivity index (χ2n) is 8.30. The van der Waals surface area contributed by atoms with Crippen molar-refractivity contribution in [1.29, 1.82) is 0 Å². The summed E-state index contributed by atoms with van der Waals surface area (Å²) in [6, 6.07) is 10.7. The number of nitrogens with zero attached hydrogens (tertiary/aromatic N) is 2. The van der Waals surface area contributed by atoms with Crippen molar-refractivity contribution in [2.45, 2.75) is 45.6 Å². The number of thiophene rings is 1. The number of rotatable bonds is 2. The average Bonchev–Trinajstić information content (AvgIpc) is 2.96. The molecule has 3 aromatic rings. The molecule has 0 saturated carbocycles. The molecule has 7 heteroatoms. The summed E-state index contributed by atoms with van der Waals surface area (Å²) in [5.41, 5.74) is 2.75. The summed E-state index contributed by atoms with van der Waals surface area (Å²) in [7, 11) is 0.